The van der Waals surface area contributed by atoms with Crippen LogP contribution in [0.5, 0.6) is 5.75 Å². The molecule has 154 valence electrons. The third-order valence-corrected chi connectivity index (χ3v) is 5.58. The number of amides is 1. The van der Waals surface area contributed by atoms with Gasteiger partial charge in [0.05, 0.1) is 12.5 Å². The van der Waals surface area contributed by atoms with Crippen LogP contribution in [0.2, 0.25) is 0 Å². The Balaban J connectivity index is 1.81. The summed E-state index contributed by atoms with van der Waals surface area (Å²) in [5, 5.41) is 3.06. The number of carbonyl (C=O) groups excluding carboxylic acids is 1. The second-order valence-corrected chi connectivity index (χ2v) is 7.46. The number of methoxy groups -OCH3 is 1. The van der Waals surface area contributed by atoms with Gasteiger partial charge < -0.3 is 10.1 Å². The highest BCUT2D eigenvalue weighted by atomic mass is 16.5. The summed E-state index contributed by atoms with van der Waals surface area (Å²) in [5.74, 6) is 0.642. The van der Waals surface area contributed by atoms with Crippen molar-refractivity contribution in [3.63, 3.8) is 0 Å². The molecule has 31 heavy (non-hydrogen) atoms. The fourth-order valence-corrected chi connectivity index (χ4v) is 4.12. The zero-order chi connectivity index (χ0) is 21.5. The van der Waals surface area contributed by atoms with E-state index >= 15 is 0 Å². The van der Waals surface area contributed by atoms with Crippen molar-refractivity contribution in [2.45, 2.75) is 11.8 Å². The first kappa shape index (κ1) is 20.4. The fourth-order valence-electron chi connectivity index (χ4n) is 4.12. The van der Waals surface area contributed by atoms with Crippen molar-refractivity contribution >= 4 is 11.6 Å². The molecule has 3 nitrogen and oxygen atoms in total. The Morgan fingerprint density at radius 2 is 1.19 bits per heavy atom. The zero-order valence-corrected chi connectivity index (χ0v) is 17.5. The van der Waals surface area contributed by atoms with Crippen molar-refractivity contribution in [1.29, 1.82) is 0 Å². The van der Waals surface area contributed by atoms with Gasteiger partial charge >= 0.3 is 0 Å². The minimum absolute atomic E-state index is 0.0650. The van der Waals surface area contributed by atoms with Crippen LogP contribution in [0.15, 0.2) is 115 Å². The predicted molar refractivity (Wildman–Crippen MR) is 125 cm³/mol. The molecule has 0 atom stereocenters. The summed E-state index contributed by atoms with van der Waals surface area (Å²) < 4.78 is 5.29. The van der Waals surface area contributed by atoms with Crippen LogP contribution in [0.25, 0.3) is 0 Å². The molecule has 3 heteroatoms. The van der Waals surface area contributed by atoms with E-state index in [1.807, 2.05) is 78.9 Å². The van der Waals surface area contributed by atoms with E-state index in [-0.39, 0.29) is 12.3 Å². The lowest BCUT2D eigenvalue weighted by Gasteiger charge is -2.35. The van der Waals surface area contributed by atoms with Crippen molar-refractivity contribution in [3.8, 4) is 5.75 Å². The van der Waals surface area contributed by atoms with Gasteiger partial charge in [-0.2, -0.15) is 0 Å². The summed E-state index contributed by atoms with van der Waals surface area (Å²) in [4.78, 5) is 13.4. The highest BCUT2D eigenvalue weighted by Gasteiger charge is 2.38. The van der Waals surface area contributed by atoms with E-state index in [0.29, 0.717) is 11.4 Å². The number of rotatable bonds is 7. The molecule has 1 amide bonds. The number of hydrogen-bond donors (Lipinski definition) is 1. The first-order valence-corrected chi connectivity index (χ1v) is 10.3. The normalized spacial score (nSPS) is 11.0. The number of hydrogen-bond acceptors (Lipinski definition) is 2. The number of ether oxygens (including phenoxy) is 1. The molecule has 0 unspecified atom stereocenters. The molecular formula is C28H25NO2. The summed E-state index contributed by atoms with van der Waals surface area (Å²) >= 11 is 0. The fraction of sp³-hybridized carbons (Fsp3) is 0.107. The Labute approximate surface area is 183 Å². The van der Waals surface area contributed by atoms with E-state index in [1.54, 1.807) is 7.11 Å². The average Bonchev–Trinajstić information content (AvgIpc) is 2.84. The van der Waals surface area contributed by atoms with Gasteiger partial charge in [0, 0.05) is 18.2 Å². The molecule has 0 heterocycles. The summed E-state index contributed by atoms with van der Waals surface area (Å²) in [7, 11) is 1.62. The molecule has 0 saturated heterocycles. The van der Waals surface area contributed by atoms with E-state index in [1.165, 1.54) is 0 Å². The molecule has 0 aliphatic heterocycles. The predicted octanol–water partition coefficient (Wildman–Crippen LogP) is 6.06. The minimum Gasteiger partial charge on any atom is -0.497 e. The maximum Gasteiger partial charge on any atom is 0.225 e. The summed E-state index contributed by atoms with van der Waals surface area (Å²) in [5.41, 5.74) is 3.33. The van der Waals surface area contributed by atoms with Crippen LogP contribution in [0, 0.1) is 0 Å². The summed E-state index contributed by atoms with van der Waals surface area (Å²) in [6.45, 7) is 0. The quantitative estimate of drug-likeness (QED) is 0.378. The second-order valence-electron chi connectivity index (χ2n) is 7.46. The number of benzene rings is 4. The molecule has 0 spiro atoms. The topological polar surface area (TPSA) is 38.3 Å². The molecule has 0 aliphatic rings. The molecule has 4 aromatic rings. The summed E-state index contributed by atoms with van der Waals surface area (Å²) in [6, 6.07) is 38.1. The lowest BCUT2D eigenvalue weighted by Crippen LogP contribution is -2.34. The van der Waals surface area contributed by atoms with Crippen molar-refractivity contribution in [1.82, 2.24) is 0 Å². The summed E-state index contributed by atoms with van der Waals surface area (Å²) in [6.07, 6.45) is 0.266. The smallest absolute Gasteiger partial charge is 0.225 e. The van der Waals surface area contributed by atoms with Crippen LogP contribution in [-0.2, 0) is 10.2 Å². The maximum absolute atomic E-state index is 13.4. The molecule has 4 aromatic carbocycles. The zero-order valence-electron chi connectivity index (χ0n) is 17.5. The van der Waals surface area contributed by atoms with E-state index in [4.69, 9.17) is 4.74 Å². The average molecular weight is 408 g/mol. The Kier molecular flexibility index (Phi) is 6.13. The van der Waals surface area contributed by atoms with E-state index < -0.39 is 5.41 Å². The monoisotopic (exact) mass is 407 g/mol. The van der Waals surface area contributed by atoms with Gasteiger partial charge in [-0.25, -0.2) is 0 Å². The largest absolute Gasteiger partial charge is 0.497 e. The van der Waals surface area contributed by atoms with Crippen LogP contribution >= 0.6 is 0 Å². The van der Waals surface area contributed by atoms with Crippen LogP contribution in [0.1, 0.15) is 23.1 Å². The van der Waals surface area contributed by atoms with Crippen molar-refractivity contribution < 1.29 is 9.53 Å². The highest BCUT2D eigenvalue weighted by molar-refractivity contribution is 5.93. The molecule has 4 rings (SSSR count). The van der Waals surface area contributed by atoms with E-state index in [0.717, 1.165) is 16.7 Å². The van der Waals surface area contributed by atoms with Crippen LogP contribution < -0.4 is 10.1 Å². The number of anilines is 1. The minimum atomic E-state index is -0.618. The van der Waals surface area contributed by atoms with Crippen LogP contribution in [-0.4, -0.2) is 13.0 Å². The van der Waals surface area contributed by atoms with Crippen LogP contribution in [0.3, 0.4) is 0 Å². The Morgan fingerprint density at radius 3 is 1.65 bits per heavy atom. The van der Waals surface area contributed by atoms with Crippen molar-refractivity contribution in [2.24, 2.45) is 0 Å². The Hall–Kier alpha value is -3.85. The molecule has 0 aliphatic carbocycles. The molecule has 0 radical (unpaired) electrons. The molecule has 0 bridgehead atoms. The Morgan fingerprint density at radius 1 is 0.710 bits per heavy atom. The first-order valence-electron chi connectivity index (χ1n) is 10.3. The molecule has 0 fully saturated rings. The molecule has 0 aromatic heterocycles. The molecule has 0 saturated carbocycles. The van der Waals surface area contributed by atoms with Gasteiger partial charge in [0.1, 0.15) is 5.75 Å². The number of nitrogens with one attached hydrogen (secondary N) is 1. The standard InChI is InChI=1S/C28H25NO2/c1-31-26-19-11-18-25(20-26)29-27(30)21-28(22-12-5-2-6-13-22,23-14-7-3-8-15-23)24-16-9-4-10-17-24/h2-20H,21H2,1H3,(H,29,30). The molecular weight excluding hydrogens is 382 g/mol. The third kappa shape index (κ3) is 4.36. The van der Waals surface area contributed by atoms with Crippen molar-refractivity contribution in [2.75, 3.05) is 12.4 Å². The first-order chi connectivity index (χ1) is 15.2. The van der Waals surface area contributed by atoms with Gasteiger partial charge in [-0.3, -0.25) is 4.79 Å². The molecule has 1 N–H and O–H groups in total. The lowest BCUT2D eigenvalue weighted by atomic mass is 9.67. The van der Waals surface area contributed by atoms with Crippen LogP contribution in [0.4, 0.5) is 5.69 Å². The third-order valence-electron chi connectivity index (χ3n) is 5.58. The maximum atomic E-state index is 13.4. The second kappa shape index (κ2) is 9.31. The van der Waals surface area contributed by atoms with Crippen molar-refractivity contribution in [3.05, 3.63) is 132 Å². The van der Waals surface area contributed by atoms with E-state index in [9.17, 15) is 4.79 Å². The van der Waals surface area contributed by atoms with Gasteiger partial charge in [-0.15, -0.1) is 0 Å². The highest BCUT2D eigenvalue weighted by Crippen LogP contribution is 2.42. The Bertz CT molecular complexity index is 1030. The van der Waals surface area contributed by atoms with Gasteiger partial charge in [0.15, 0.2) is 0 Å². The number of carbonyl (C=O) groups is 1. The SMILES string of the molecule is COc1cccc(NC(=O)CC(c2ccccc2)(c2ccccc2)c2ccccc2)c1. The van der Waals surface area contributed by atoms with Gasteiger partial charge in [0.2, 0.25) is 5.91 Å². The van der Waals surface area contributed by atoms with Gasteiger partial charge in [0.25, 0.3) is 0 Å². The van der Waals surface area contributed by atoms with Gasteiger partial charge in [-0.1, -0.05) is 97.1 Å². The lowest BCUT2D eigenvalue weighted by molar-refractivity contribution is -0.116. The van der Waals surface area contributed by atoms with E-state index in [2.05, 4.69) is 41.7 Å². The van der Waals surface area contributed by atoms with Gasteiger partial charge in [-0.05, 0) is 28.8 Å².